The van der Waals surface area contributed by atoms with Crippen LogP contribution in [0.2, 0.25) is 0 Å². The second-order valence-electron chi connectivity index (χ2n) is 6.17. The number of amides is 1. The molecule has 1 saturated heterocycles. The maximum atomic E-state index is 12.4. The van der Waals surface area contributed by atoms with E-state index < -0.39 is 0 Å². The zero-order valence-electron chi connectivity index (χ0n) is 13.4. The average molecular weight is 345 g/mol. The lowest BCUT2D eigenvalue weighted by atomic mass is 9.80. The molecule has 124 valence electrons. The van der Waals surface area contributed by atoms with Crippen molar-refractivity contribution in [1.29, 1.82) is 0 Å². The Hall–Kier alpha value is -0.910. The Morgan fingerprint density at radius 3 is 2.86 bits per heavy atom. The van der Waals surface area contributed by atoms with Gasteiger partial charge in [-0.1, -0.05) is 19.9 Å². The van der Waals surface area contributed by atoms with Crippen molar-refractivity contribution in [3.63, 3.8) is 0 Å². The number of thioether (sulfide) groups is 1. The van der Waals surface area contributed by atoms with Crippen molar-refractivity contribution >= 4 is 30.1 Å². The number of nitrogens with two attached hydrogens (primary N) is 1. The summed E-state index contributed by atoms with van der Waals surface area (Å²) in [6, 6.07) is 7.96. The first-order chi connectivity index (χ1) is 9.92. The first kappa shape index (κ1) is 19.1. The van der Waals surface area contributed by atoms with Crippen LogP contribution in [-0.4, -0.2) is 42.8 Å². The number of piperidine rings is 1. The fourth-order valence-electron chi connectivity index (χ4n) is 2.51. The van der Waals surface area contributed by atoms with E-state index in [2.05, 4.69) is 13.8 Å². The van der Waals surface area contributed by atoms with Crippen LogP contribution in [-0.2, 0) is 4.79 Å². The molecule has 1 aliphatic rings. The molecule has 0 radical (unpaired) electrons. The molecule has 1 aromatic carbocycles. The van der Waals surface area contributed by atoms with Gasteiger partial charge in [-0.05, 0) is 30.0 Å². The monoisotopic (exact) mass is 344 g/mol. The van der Waals surface area contributed by atoms with Crippen molar-refractivity contribution in [3.8, 4) is 5.75 Å². The Balaban J connectivity index is 0.00000242. The second-order valence-corrected chi connectivity index (χ2v) is 7.22. The van der Waals surface area contributed by atoms with Gasteiger partial charge in [0.05, 0.1) is 12.9 Å². The number of rotatable bonds is 4. The molecule has 1 aliphatic heterocycles. The molecule has 2 N–H and O–H groups in total. The van der Waals surface area contributed by atoms with Crippen molar-refractivity contribution in [3.05, 3.63) is 24.3 Å². The highest BCUT2D eigenvalue weighted by molar-refractivity contribution is 8.00. The smallest absolute Gasteiger partial charge is 0.232 e. The second kappa shape index (κ2) is 8.09. The van der Waals surface area contributed by atoms with Crippen molar-refractivity contribution in [1.82, 2.24) is 4.90 Å². The van der Waals surface area contributed by atoms with E-state index in [1.54, 1.807) is 18.9 Å². The molecule has 0 aromatic heterocycles. The predicted octanol–water partition coefficient (Wildman–Crippen LogP) is 2.79. The van der Waals surface area contributed by atoms with Crippen molar-refractivity contribution in [2.45, 2.75) is 31.2 Å². The molecule has 0 bridgehead atoms. The molecule has 0 spiro atoms. The number of carbonyl (C=O) groups is 1. The Morgan fingerprint density at radius 1 is 1.50 bits per heavy atom. The minimum absolute atomic E-state index is 0. The van der Waals surface area contributed by atoms with E-state index in [0.29, 0.717) is 5.75 Å². The summed E-state index contributed by atoms with van der Waals surface area (Å²) in [4.78, 5) is 15.3. The summed E-state index contributed by atoms with van der Waals surface area (Å²) in [5.41, 5.74) is 6.11. The van der Waals surface area contributed by atoms with Crippen LogP contribution in [0.15, 0.2) is 29.2 Å². The lowest BCUT2D eigenvalue weighted by molar-refractivity contribution is -0.131. The molecule has 1 unspecified atom stereocenters. The summed E-state index contributed by atoms with van der Waals surface area (Å²) in [6.07, 6.45) is 0.878. The average Bonchev–Trinajstić information content (AvgIpc) is 2.47. The van der Waals surface area contributed by atoms with E-state index in [9.17, 15) is 4.79 Å². The first-order valence-corrected chi connectivity index (χ1v) is 8.21. The van der Waals surface area contributed by atoms with Crippen LogP contribution in [0.4, 0.5) is 0 Å². The zero-order chi connectivity index (χ0) is 15.5. The molecule has 0 saturated carbocycles. The van der Waals surface area contributed by atoms with Gasteiger partial charge in [0.25, 0.3) is 0 Å². The molecular formula is C16H25ClN2O2S. The summed E-state index contributed by atoms with van der Waals surface area (Å²) in [5, 5.41) is 0. The van der Waals surface area contributed by atoms with Crippen LogP contribution >= 0.6 is 24.2 Å². The fraction of sp³-hybridized carbons (Fsp3) is 0.562. The van der Waals surface area contributed by atoms with Crippen LogP contribution in [0, 0.1) is 5.41 Å². The third-order valence-corrected chi connectivity index (χ3v) is 5.05. The number of halogens is 1. The van der Waals surface area contributed by atoms with Gasteiger partial charge in [-0.2, -0.15) is 0 Å². The molecular weight excluding hydrogens is 320 g/mol. The van der Waals surface area contributed by atoms with E-state index in [1.165, 1.54) is 0 Å². The molecule has 1 amide bonds. The summed E-state index contributed by atoms with van der Waals surface area (Å²) in [5.74, 6) is 1.46. The van der Waals surface area contributed by atoms with Gasteiger partial charge in [-0.25, -0.2) is 0 Å². The summed E-state index contributed by atoms with van der Waals surface area (Å²) in [7, 11) is 1.65. The molecule has 1 atom stereocenters. The summed E-state index contributed by atoms with van der Waals surface area (Å²) < 4.78 is 5.19. The molecule has 2 rings (SSSR count). The number of nitrogens with zero attached hydrogens (tertiary/aromatic N) is 1. The van der Waals surface area contributed by atoms with Crippen LogP contribution in [0.3, 0.4) is 0 Å². The Bertz CT molecular complexity index is 511. The van der Waals surface area contributed by atoms with Gasteiger partial charge >= 0.3 is 0 Å². The van der Waals surface area contributed by atoms with E-state index in [0.717, 1.165) is 30.2 Å². The van der Waals surface area contributed by atoms with E-state index in [-0.39, 0.29) is 29.8 Å². The Labute approximate surface area is 143 Å². The molecule has 6 heteroatoms. The number of benzene rings is 1. The van der Waals surface area contributed by atoms with Gasteiger partial charge in [0.1, 0.15) is 5.75 Å². The van der Waals surface area contributed by atoms with Crippen molar-refractivity contribution in [2.75, 3.05) is 26.0 Å². The third-order valence-electron chi connectivity index (χ3n) is 4.07. The number of likely N-dealkylation sites (tertiary alicyclic amines) is 1. The van der Waals surface area contributed by atoms with Gasteiger partial charge in [0.2, 0.25) is 5.91 Å². The maximum Gasteiger partial charge on any atom is 0.232 e. The molecule has 1 heterocycles. The number of carbonyl (C=O) groups excluding carboxylic acids is 1. The minimum atomic E-state index is -0.00541. The van der Waals surface area contributed by atoms with Crippen LogP contribution < -0.4 is 10.5 Å². The molecule has 1 fully saturated rings. The van der Waals surface area contributed by atoms with Crippen molar-refractivity contribution < 1.29 is 9.53 Å². The SMILES string of the molecule is COc1cccc(SCC(=O)N2CCC(N)C(C)(C)C2)c1.Cl. The van der Waals surface area contributed by atoms with Crippen LogP contribution in [0.1, 0.15) is 20.3 Å². The molecule has 0 aliphatic carbocycles. The maximum absolute atomic E-state index is 12.4. The van der Waals surface area contributed by atoms with Gasteiger partial charge in [-0.3, -0.25) is 4.79 Å². The number of ether oxygens (including phenoxy) is 1. The predicted molar refractivity (Wildman–Crippen MR) is 93.9 cm³/mol. The van der Waals surface area contributed by atoms with E-state index in [4.69, 9.17) is 10.5 Å². The highest BCUT2D eigenvalue weighted by Gasteiger charge is 2.35. The van der Waals surface area contributed by atoms with Crippen LogP contribution in [0.5, 0.6) is 5.75 Å². The fourth-order valence-corrected chi connectivity index (χ4v) is 3.36. The Morgan fingerprint density at radius 2 is 2.23 bits per heavy atom. The van der Waals surface area contributed by atoms with Crippen molar-refractivity contribution in [2.24, 2.45) is 11.1 Å². The minimum Gasteiger partial charge on any atom is -0.497 e. The largest absolute Gasteiger partial charge is 0.497 e. The quantitative estimate of drug-likeness (QED) is 0.853. The van der Waals surface area contributed by atoms with Gasteiger partial charge in [-0.15, -0.1) is 24.2 Å². The lowest BCUT2D eigenvalue weighted by Gasteiger charge is -2.42. The first-order valence-electron chi connectivity index (χ1n) is 7.22. The number of hydrogen-bond acceptors (Lipinski definition) is 4. The Kier molecular flexibility index (Phi) is 7.03. The zero-order valence-corrected chi connectivity index (χ0v) is 15.0. The van der Waals surface area contributed by atoms with E-state index >= 15 is 0 Å². The molecule has 22 heavy (non-hydrogen) atoms. The van der Waals surface area contributed by atoms with Crippen LogP contribution in [0.25, 0.3) is 0 Å². The number of methoxy groups -OCH3 is 1. The summed E-state index contributed by atoms with van der Waals surface area (Å²) >= 11 is 1.55. The van der Waals surface area contributed by atoms with Gasteiger partial charge in [0.15, 0.2) is 0 Å². The molecule has 1 aromatic rings. The highest BCUT2D eigenvalue weighted by atomic mass is 35.5. The standard InChI is InChI=1S/C16H24N2O2S.ClH/c1-16(2)11-18(8-7-14(16)17)15(19)10-21-13-6-4-5-12(9-13)20-3;/h4-6,9,14H,7-8,10-11,17H2,1-3H3;1H. The lowest BCUT2D eigenvalue weighted by Crippen LogP contribution is -2.54. The normalized spacial score (nSPS) is 20.2. The topological polar surface area (TPSA) is 55.6 Å². The number of hydrogen-bond donors (Lipinski definition) is 1. The third kappa shape index (κ3) is 4.80. The van der Waals surface area contributed by atoms with E-state index in [1.807, 2.05) is 29.2 Å². The van der Waals surface area contributed by atoms with Gasteiger partial charge in [0, 0.05) is 24.0 Å². The highest BCUT2D eigenvalue weighted by Crippen LogP contribution is 2.29. The van der Waals surface area contributed by atoms with Gasteiger partial charge < -0.3 is 15.4 Å². The summed E-state index contributed by atoms with van der Waals surface area (Å²) in [6.45, 7) is 5.77. The molecule has 4 nitrogen and oxygen atoms in total.